The summed E-state index contributed by atoms with van der Waals surface area (Å²) < 4.78 is 10.9. The molecular weight excluding hydrogens is 302 g/mol. The fourth-order valence-electron chi connectivity index (χ4n) is 2.76. The standard InChI is InChI=1S/C17H22ClNO3/c1-3-17(20)19(15-5-4-9-22-10-8-15)12-13-11-14(18)6-7-16(13)21-2/h3,6-7,11,15H,1,4-5,8-10,12H2,2H3. The molecule has 0 spiro atoms. The number of benzene rings is 1. The van der Waals surface area contributed by atoms with Gasteiger partial charge < -0.3 is 14.4 Å². The van der Waals surface area contributed by atoms with Crippen molar-refractivity contribution >= 4 is 17.5 Å². The molecule has 1 fully saturated rings. The number of carbonyl (C=O) groups excluding carboxylic acids is 1. The number of carbonyl (C=O) groups is 1. The van der Waals surface area contributed by atoms with Crippen molar-refractivity contribution in [1.82, 2.24) is 4.90 Å². The van der Waals surface area contributed by atoms with Crippen LogP contribution in [-0.4, -0.2) is 37.2 Å². The first-order valence-corrected chi connectivity index (χ1v) is 7.86. The van der Waals surface area contributed by atoms with Crippen LogP contribution in [0.1, 0.15) is 24.8 Å². The Labute approximate surface area is 136 Å². The number of nitrogens with zero attached hydrogens (tertiary/aromatic N) is 1. The highest BCUT2D eigenvalue weighted by Crippen LogP contribution is 2.26. The van der Waals surface area contributed by atoms with Gasteiger partial charge in [-0.2, -0.15) is 0 Å². The highest BCUT2D eigenvalue weighted by atomic mass is 35.5. The van der Waals surface area contributed by atoms with Gasteiger partial charge in [0.1, 0.15) is 5.75 Å². The van der Waals surface area contributed by atoms with E-state index in [2.05, 4.69) is 6.58 Å². The van der Waals surface area contributed by atoms with Crippen molar-refractivity contribution in [2.75, 3.05) is 20.3 Å². The van der Waals surface area contributed by atoms with Gasteiger partial charge in [-0.25, -0.2) is 0 Å². The average molecular weight is 324 g/mol. The van der Waals surface area contributed by atoms with Crippen molar-refractivity contribution in [3.63, 3.8) is 0 Å². The quantitative estimate of drug-likeness (QED) is 0.779. The Kier molecular flexibility index (Phi) is 6.28. The Morgan fingerprint density at radius 1 is 1.50 bits per heavy atom. The van der Waals surface area contributed by atoms with Crippen LogP contribution in [-0.2, 0) is 16.1 Å². The molecule has 1 aliphatic rings. The maximum Gasteiger partial charge on any atom is 0.246 e. The SMILES string of the molecule is C=CC(=O)N(Cc1cc(Cl)ccc1OC)C1CCCOCC1. The summed E-state index contributed by atoms with van der Waals surface area (Å²) in [6, 6.07) is 5.60. The largest absolute Gasteiger partial charge is 0.496 e. The monoisotopic (exact) mass is 323 g/mol. The molecule has 0 aliphatic carbocycles. The van der Waals surface area contributed by atoms with E-state index >= 15 is 0 Å². The molecule has 4 nitrogen and oxygen atoms in total. The van der Waals surface area contributed by atoms with E-state index in [0.717, 1.165) is 37.2 Å². The Balaban J connectivity index is 2.24. The summed E-state index contributed by atoms with van der Waals surface area (Å²) in [5, 5.41) is 0.631. The summed E-state index contributed by atoms with van der Waals surface area (Å²) in [6.07, 6.45) is 4.09. The van der Waals surface area contributed by atoms with Gasteiger partial charge >= 0.3 is 0 Å². The smallest absolute Gasteiger partial charge is 0.246 e. The number of ether oxygens (including phenoxy) is 2. The third-order valence-corrected chi connectivity index (χ3v) is 4.14. The first kappa shape index (κ1) is 16.8. The number of halogens is 1. The van der Waals surface area contributed by atoms with Crippen LogP contribution in [0.3, 0.4) is 0 Å². The second-order valence-electron chi connectivity index (χ2n) is 5.32. The lowest BCUT2D eigenvalue weighted by atomic mass is 10.1. The molecule has 0 aromatic heterocycles. The van der Waals surface area contributed by atoms with Crippen LogP contribution in [0.15, 0.2) is 30.9 Å². The van der Waals surface area contributed by atoms with Crippen LogP contribution >= 0.6 is 11.6 Å². The van der Waals surface area contributed by atoms with E-state index in [1.54, 1.807) is 13.2 Å². The molecule has 1 unspecified atom stereocenters. The zero-order valence-electron chi connectivity index (χ0n) is 12.9. The van der Waals surface area contributed by atoms with E-state index in [-0.39, 0.29) is 11.9 Å². The summed E-state index contributed by atoms with van der Waals surface area (Å²) >= 11 is 6.08. The summed E-state index contributed by atoms with van der Waals surface area (Å²) in [7, 11) is 1.62. The number of rotatable bonds is 5. The van der Waals surface area contributed by atoms with Crippen molar-refractivity contribution in [3.8, 4) is 5.75 Å². The molecule has 1 atom stereocenters. The third kappa shape index (κ3) is 4.24. The molecule has 0 bridgehead atoms. The molecule has 0 radical (unpaired) electrons. The normalized spacial score (nSPS) is 18.4. The predicted octanol–water partition coefficient (Wildman–Crippen LogP) is 3.43. The molecule has 1 aromatic carbocycles. The number of amides is 1. The molecule has 5 heteroatoms. The first-order chi connectivity index (χ1) is 10.7. The lowest BCUT2D eigenvalue weighted by Crippen LogP contribution is -2.39. The molecule has 0 saturated carbocycles. The minimum atomic E-state index is -0.0751. The lowest BCUT2D eigenvalue weighted by molar-refractivity contribution is -0.129. The first-order valence-electron chi connectivity index (χ1n) is 7.49. The maximum atomic E-state index is 12.3. The third-order valence-electron chi connectivity index (χ3n) is 3.90. The molecule has 1 aromatic rings. The van der Waals surface area contributed by atoms with Crippen molar-refractivity contribution in [3.05, 3.63) is 41.4 Å². The minimum Gasteiger partial charge on any atom is -0.496 e. The molecule has 0 N–H and O–H groups in total. The van der Waals surface area contributed by atoms with Gasteiger partial charge in [-0.05, 0) is 43.5 Å². The zero-order valence-corrected chi connectivity index (χ0v) is 13.6. The van der Waals surface area contributed by atoms with Crippen LogP contribution in [0.4, 0.5) is 0 Å². The van der Waals surface area contributed by atoms with Gasteiger partial charge in [0.05, 0.1) is 7.11 Å². The molecular formula is C17H22ClNO3. The molecule has 1 amide bonds. The maximum absolute atomic E-state index is 12.3. The lowest BCUT2D eigenvalue weighted by Gasteiger charge is -2.30. The molecule has 1 aliphatic heterocycles. The Bertz CT molecular complexity index is 525. The van der Waals surface area contributed by atoms with Crippen LogP contribution in [0.5, 0.6) is 5.75 Å². The summed E-state index contributed by atoms with van der Waals surface area (Å²) in [5.74, 6) is 0.657. The van der Waals surface area contributed by atoms with Crippen LogP contribution < -0.4 is 4.74 Å². The van der Waals surface area contributed by atoms with Gasteiger partial charge in [-0.1, -0.05) is 18.2 Å². The highest BCUT2D eigenvalue weighted by Gasteiger charge is 2.24. The molecule has 120 valence electrons. The van der Waals surface area contributed by atoms with E-state index in [1.165, 1.54) is 6.08 Å². The van der Waals surface area contributed by atoms with Gasteiger partial charge in [-0.3, -0.25) is 4.79 Å². The van der Waals surface area contributed by atoms with Gasteiger partial charge in [0.25, 0.3) is 0 Å². The fraction of sp³-hybridized carbons (Fsp3) is 0.471. The van der Waals surface area contributed by atoms with E-state index in [9.17, 15) is 4.79 Å². The number of hydrogen-bond acceptors (Lipinski definition) is 3. The summed E-state index contributed by atoms with van der Waals surface area (Å²) in [5.41, 5.74) is 0.898. The van der Waals surface area contributed by atoms with E-state index in [0.29, 0.717) is 18.2 Å². The van der Waals surface area contributed by atoms with Gasteiger partial charge in [0.15, 0.2) is 0 Å². The summed E-state index contributed by atoms with van der Waals surface area (Å²) in [4.78, 5) is 14.1. The molecule has 2 rings (SSSR count). The minimum absolute atomic E-state index is 0.0751. The average Bonchev–Trinajstić information content (AvgIpc) is 2.81. The van der Waals surface area contributed by atoms with Crippen LogP contribution in [0.25, 0.3) is 0 Å². The van der Waals surface area contributed by atoms with Gasteiger partial charge in [0, 0.05) is 36.4 Å². The van der Waals surface area contributed by atoms with Gasteiger partial charge in [0.2, 0.25) is 5.91 Å². The molecule has 22 heavy (non-hydrogen) atoms. The van der Waals surface area contributed by atoms with E-state index < -0.39 is 0 Å². The topological polar surface area (TPSA) is 38.8 Å². The summed E-state index contributed by atoms with van der Waals surface area (Å²) in [6.45, 7) is 5.52. The second-order valence-corrected chi connectivity index (χ2v) is 5.76. The number of methoxy groups -OCH3 is 1. The molecule has 1 saturated heterocycles. The zero-order chi connectivity index (χ0) is 15.9. The second kappa shape index (κ2) is 8.20. The Hall–Kier alpha value is -1.52. The van der Waals surface area contributed by atoms with Crippen molar-refractivity contribution in [1.29, 1.82) is 0 Å². The Morgan fingerprint density at radius 2 is 2.32 bits per heavy atom. The van der Waals surface area contributed by atoms with E-state index in [4.69, 9.17) is 21.1 Å². The van der Waals surface area contributed by atoms with Crippen molar-refractivity contribution in [2.45, 2.75) is 31.8 Å². The van der Waals surface area contributed by atoms with Crippen LogP contribution in [0, 0.1) is 0 Å². The highest BCUT2D eigenvalue weighted by molar-refractivity contribution is 6.30. The van der Waals surface area contributed by atoms with Crippen molar-refractivity contribution in [2.24, 2.45) is 0 Å². The number of hydrogen-bond donors (Lipinski definition) is 0. The molecule has 1 heterocycles. The fourth-order valence-corrected chi connectivity index (χ4v) is 2.95. The van der Waals surface area contributed by atoms with Crippen LogP contribution in [0.2, 0.25) is 5.02 Å². The predicted molar refractivity (Wildman–Crippen MR) is 87.2 cm³/mol. The van der Waals surface area contributed by atoms with Crippen molar-refractivity contribution < 1.29 is 14.3 Å². The Morgan fingerprint density at radius 3 is 3.05 bits per heavy atom. The van der Waals surface area contributed by atoms with Gasteiger partial charge in [-0.15, -0.1) is 0 Å². The van der Waals surface area contributed by atoms with E-state index in [1.807, 2.05) is 17.0 Å².